The molecule has 4 N–H and O–H groups in total. The fraction of sp³-hybridized carbons (Fsp3) is 0.655. The average molecular weight is 789 g/mol. The summed E-state index contributed by atoms with van der Waals surface area (Å²) in [5.74, 6) is -3.20. The summed E-state index contributed by atoms with van der Waals surface area (Å²) in [5, 5.41) is 23.5. The van der Waals surface area contributed by atoms with Crippen molar-refractivity contribution >= 4 is 62.5 Å². The lowest BCUT2D eigenvalue weighted by Crippen LogP contribution is -2.73. The van der Waals surface area contributed by atoms with Crippen LogP contribution in [0, 0.1) is 0 Å². The van der Waals surface area contributed by atoms with Gasteiger partial charge in [0, 0.05) is 5.38 Å². The molecule has 0 unspecified atom stereocenters. The summed E-state index contributed by atoms with van der Waals surface area (Å²) in [6.07, 6.45) is -1.65. The van der Waals surface area contributed by atoms with Crippen molar-refractivity contribution < 1.29 is 56.0 Å². The van der Waals surface area contributed by atoms with Crippen LogP contribution in [0.4, 0.5) is 14.7 Å². The summed E-state index contributed by atoms with van der Waals surface area (Å²) in [6.45, 7) is 16.7. The van der Waals surface area contributed by atoms with Crippen LogP contribution in [0.2, 0.25) is 0 Å². The highest BCUT2D eigenvalue weighted by Gasteiger charge is 2.55. The third-order valence-corrected chi connectivity index (χ3v) is 7.99. The Kier molecular flexibility index (Phi) is 12.5. The predicted octanol–water partition coefficient (Wildman–Crippen LogP) is 1.54. The van der Waals surface area contributed by atoms with E-state index in [0.717, 1.165) is 16.0 Å². The van der Waals surface area contributed by atoms with E-state index in [1.54, 1.807) is 62.3 Å². The number of thiazole rings is 1. The highest BCUT2D eigenvalue weighted by molar-refractivity contribution is 7.84. The van der Waals surface area contributed by atoms with Gasteiger partial charge < -0.3 is 29.7 Å². The number of anilines is 1. The van der Waals surface area contributed by atoms with Crippen LogP contribution in [0.25, 0.3) is 0 Å². The summed E-state index contributed by atoms with van der Waals surface area (Å²) in [4.78, 5) is 73.9. The number of esters is 1. The monoisotopic (exact) mass is 788 g/mol. The van der Waals surface area contributed by atoms with E-state index >= 15 is 0 Å². The molecule has 0 radical (unpaired) electrons. The quantitative estimate of drug-likeness (QED) is 0.0592. The van der Waals surface area contributed by atoms with Crippen molar-refractivity contribution in [2.75, 3.05) is 5.32 Å². The second-order valence-corrected chi connectivity index (χ2v) is 17.1. The molecule has 1 aliphatic heterocycles. The number of β-lactam (4-membered cyclic amide) rings is 1. The molecular weight excluding hydrogens is 745 g/mol. The van der Waals surface area contributed by atoms with Gasteiger partial charge in [-0.3, -0.25) is 19.5 Å². The van der Waals surface area contributed by atoms with Crippen LogP contribution in [0.1, 0.15) is 87.7 Å². The Morgan fingerprint density at radius 1 is 0.943 bits per heavy atom. The molecule has 4 amide bonds. The smallest absolute Gasteiger partial charge is 0.413 e. The molecule has 2 aromatic rings. The molecule has 2 aromatic heterocycles. The van der Waals surface area contributed by atoms with Gasteiger partial charge in [0.05, 0.1) is 19.1 Å². The first-order valence-corrected chi connectivity index (χ1v) is 18.1. The van der Waals surface area contributed by atoms with E-state index in [0.29, 0.717) is 0 Å². The molecule has 0 spiro atoms. The molecule has 53 heavy (non-hydrogen) atoms. The van der Waals surface area contributed by atoms with Gasteiger partial charge in [-0.15, -0.1) is 16.4 Å². The number of nitrogens with zero attached hydrogens (tertiary/aromatic N) is 7. The van der Waals surface area contributed by atoms with E-state index in [2.05, 4.69) is 41.6 Å². The number of carbonyl (C=O) groups is 5. The van der Waals surface area contributed by atoms with Crippen LogP contribution in [-0.2, 0) is 56.8 Å². The van der Waals surface area contributed by atoms with E-state index in [1.807, 2.05) is 0 Å². The molecule has 1 fully saturated rings. The van der Waals surface area contributed by atoms with Crippen LogP contribution in [-0.4, -0.2) is 113 Å². The first-order valence-electron chi connectivity index (χ1n) is 15.9. The van der Waals surface area contributed by atoms with Gasteiger partial charge in [-0.2, -0.15) is 8.42 Å². The van der Waals surface area contributed by atoms with Gasteiger partial charge in [0.2, 0.25) is 5.60 Å². The van der Waals surface area contributed by atoms with Crippen molar-refractivity contribution in [2.45, 2.75) is 124 Å². The van der Waals surface area contributed by atoms with E-state index in [4.69, 9.17) is 19.0 Å². The first kappa shape index (κ1) is 42.4. The third-order valence-electron chi connectivity index (χ3n) is 6.29. The summed E-state index contributed by atoms with van der Waals surface area (Å²) in [6, 6.07) is -3.12. The number of rotatable bonds is 12. The minimum absolute atomic E-state index is 0.00286. The Labute approximate surface area is 309 Å². The van der Waals surface area contributed by atoms with Gasteiger partial charge in [0.25, 0.3) is 11.8 Å². The molecule has 3 rings (SSSR count). The largest absolute Gasteiger partial charge is 0.457 e. The molecule has 0 bridgehead atoms. The Bertz CT molecular complexity index is 1850. The van der Waals surface area contributed by atoms with Crippen LogP contribution < -0.4 is 16.0 Å². The molecule has 294 valence electrons. The lowest BCUT2D eigenvalue weighted by molar-refractivity contribution is -0.179. The fourth-order valence-corrected chi connectivity index (χ4v) is 5.67. The summed E-state index contributed by atoms with van der Waals surface area (Å²) in [7, 11) is -5.15. The number of carbonyl (C=O) groups excluding carboxylic acids is 5. The summed E-state index contributed by atoms with van der Waals surface area (Å²) < 4.78 is 51.2. The maximum Gasteiger partial charge on any atom is 0.413 e. The fourth-order valence-electron chi connectivity index (χ4n) is 4.12. The second-order valence-electron chi connectivity index (χ2n) is 15.0. The van der Waals surface area contributed by atoms with Crippen molar-refractivity contribution in [3.05, 3.63) is 16.9 Å². The number of aromatic nitrogens is 5. The van der Waals surface area contributed by atoms with Crippen LogP contribution in [0.3, 0.4) is 0 Å². The summed E-state index contributed by atoms with van der Waals surface area (Å²) in [5.41, 5.74) is -5.09. The van der Waals surface area contributed by atoms with Crippen LogP contribution in [0.15, 0.2) is 10.5 Å². The SMILES string of the molecule is CC(C)(C)OC(=O)NCc1nnnn1C[C@@H]1[C@H](NC(=O)C(=NOC(C)(C)C(=O)OC(C)(C)C)c2csc(NC(=O)OC(C)(C)C)n2)C(=O)N1S(=O)(=O)O. The number of ether oxygens (including phenoxy) is 3. The van der Waals surface area contributed by atoms with Crippen LogP contribution >= 0.6 is 11.3 Å². The van der Waals surface area contributed by atoms with Gasteiger partial charge in [-0.1, -0.05) is 5.16 Å². The molecule has 1 aliphatic rings. The van der Waals surface area contributed by atoms with Crippen molar-refractivity contribution in [1.82, 2.24) is 40.1 Å². The predicted molar refractivity (Wildman–Crippen MR) is 185 cm³/mol. The number of tetrazole rings is 1. The van der Waals surface area contributed by atoms with Gasteiger partial charge in [0.1, 0.15) is 28.5 Å². The Morgan fingerprint density at radius 2 is 1.53 bits per heavy atom. The Balaban J connectivity index is 1.93. The zero-order valence-electron chi connectivity index (χ0n) is 31.0. The average Bonchev–Trinajstić information content (AvgIpc) is 3.60. The van der Waals surface area contributed by atoms with Gasteiger partial charge in [-0.25, -0.2) is 28.4 Å². The van der Waals surface area contributed by atoms with E-state index in [9.17, 15) is 36.9 Å². The molecule has 1 saturated heterocycles. The van der Waals surface area contributed by atoms with Crippen molar-refractivity contribution in [2.24, 2.45) is 5.16 Å². The minimum atomic E-state index is -5.15. The zero-order valence-corrected chi connectivity index (χ0v) is 32.7. The molecular formula is C29H44N10O12S2. The van der Waals surface area contributed by atoms with E-state index in [1.165, 1.54) is 19.2 Å². The second kappa shape index (κ2) is 15.6. The standard InChI is InChI=1S/C29H44N10O12S2/c1-26(2,3)48-22(42)29(10,11)51-35-18(15-14-52-23(31-15)33-25(44)50-28(7,8)9)20(40)32-19-16(39(21(19)41)53(45,46)47)13-38-17(34-36-37-38)12-30-24(43)49-27(4,5)6/h14,16,19H,12-13H2,1-11H3,(H,30,43)(H,32,40)(H,31,33,44)(H,45,46,47)/t16-,19+/m1/s1. The van der Waals surface area contributed by atoms with Gasteiger partial charge in [0.15, 0.2) is 16.7 Å². The maximum atomic E-state index is 13.8. The van der Waals surface area contributed by atoms with Gasteiger partial charge >= 0.3 is 28.5 Å². The normalized spacial score (nSPS) is 17.0. The van der Waals surface area contributed by atoms with Crippen molar-refractivity contribution in [1.29, 1.82) is 0 Å². The number of hydrogen-bond acceptors (Lipinski definition) is 17. The number of oxime groups is 1. The first-order chi connectivity index (χ1) is 24.1. The molecule has 0 aromatic carbocycles. The van der Waals surface area contributed by atoms with Crippen molar-refractivity contribution in [3.8, 4) is 0 Å². The lowest BCUT2D eigenvalue weighted by atomic mass is 9.98. The molecule has 0 aliphatic carbocycles. The zero-order chi connectivity index (χ0) is 40.3. The third kappa shape index (κ3) is 12.3. The van der Waals surface area contributed by atoms with Crippen LogP contribution in [0.5, 0.6) is 0 Å². The van der Waals surface area contributed by atoms with Gasteiger partial charge in [-0.05, 0) is 86.6 Å². The molecule has 3 heterocycles. The van der Waals surface area contributed by atoms with E-state index < -0.39 is 87.0 Å². The number of amides is 4. The van der Waals surface area contributed by atoms with E-state index in [-0.39, 0.29) is 27.5 Å². The maximum absolute atomic E-state index is 13.8. The minimum Gasteiger partial charge on any atom is -0.457 e. The highest BCUT2D eigenvalue weighted by Crippen LogP contribution is 2.26. The molecule has 24 heteroatoms. The molecule has 0 saturated carbocycles. The highest BCUT2D eigenvalue weighted by atomic mass is 32.2. The Hall–Kier alpha value is -4.97. The Morgan fingerprint density at radius 3 is 2.09 bits per heavy atom. The van der Waals surface area contributed by atoms with Crippen molar-refractivity contribution in [3.63, 3.8) is 0 Å². The number of alkyl carbamates (subject to hydrolysis) is 1. The number of hydrogen-bond donors (Lipinski definition) is 4. The summed E-state index contributed by atoms with van der Waals surface area (Å²) >= 11 is 0.871. The lowest BCUT2D eigenvalue weighted by Gasteiger charge is -2.43. The molecule has 22 nitrogen and oxygen atoms in total. The molecule has 2 atom stereocenters. The topological polar surface area (TPSA) is 285 Å². The number of nitrogens with one attached hydrogen (secondary N) is 3.